The van der Waals surface area contributed by atoms with E-state index >= 15 is 0 Å². The van der Waals surface area contributed by atoms with Gasteiger partial charge < -0.3 is 5.73 Å². The Bertz CT molecular complexity index is 585. The summed E-state index contributed by atoms with van der Waals surface area (Å²) < 4.78 is 27.5. The van der Waals surface area contributed by atoms with E-state index in [-0.39, 0.29) is 17.5 Å². The van der Waals surface area contributed by atoms with Crippen molar-refractivity contribution in [3.63, 3.8) is 0 Å². The van der Waals surface area contributed by atoms with Crippen LogP contribution in [0.4, 0.5) is 0 Å². The van der Waals surface area contributed by atoms with Crippen LogP contribution in [-0.2, 0) is 10.0 Å². The van der Waals surface area contributed by atoms with Crippen molar-refractivity contribution in [2.75, 3.05) is 6.54 Å². The molecule has 0 saturated heterocycles. The van der Waals surface area contributed by atoms with Gasteiger partial charge in [0.05, 0.1) is 11.4 Å². The molecule has 20 heavy (non-hydrogen) atoms. The Morgan fingerprint density at radius 1 is 1.35 bits per heavy atom. The zero-order valence-electron chi connectivity index (χ0n) is 12.0. The molecule has 1 aromatic carbocycles. The lowest BCUT2D eigenvalue weighted by molar-refractivity contribution is 0.534. The summed E-state index contributed by atoms with van der Waals surface area (Å²) in [5.74, 6) is 5.49. The predicted molar refractivity (Wildman–Crippen MR) is 81.7 cm³/mol. The standard InChI is InChI=1S/C15H22N2O2S/c1-3-4-8-13(2)17-20(18,19)15-11-6-5-9-14(15)10-7-12-16/h5-6,9,11,13,17H,3-4,8,12,16H2,1-2H3. The molecule has 0 amide bonds. The van der Waals surface area contributed by atoms with Crippen molar-refractivity contribution in [1.29, 1.82) is 0 Å². The van der Waals surface area contributed by atoms with Crippen molar-refractivity contribution in [1.82, 2.24) is 4.72 Å². The van der Waals surface area contributed by atoms with Crippen LogP contribution >= 0.6 is 0 Å². The van der Waals surface area contributed by atoms with Gasteiger partial charge in [0, 0.05) is 11.6 Å². The second-order valence-electron chi connectivity index (χ2n) is 4.67. The predicted octanol–water partition coefficient (Wildman–Crippen LogP) is 1.85. The van der Waals surface area contributed by atoms with Gasteiger partial charge >= 0.3 is 0 Å². The van der Waals surface area contributed by atoms with E-state index in [0.29, 0.717) is 5.56 Å². The highest BCUT2D eigenvalue weighted by Crippen LogP contribution is 2.15. The minimum Gasteiger partial charge on any atom is -0.320 e. The molecule has 1 atom stereocenters. The lowest BCUT2D eigenvalue weighted by atomic mass is 10.2. The van der Waals surface area contributed by atoms with Crippen LogP contribution in [0.3, 0.4) is 0 Å². The van der Waals surface area contributed by atoms with Gasteiger partial charge in [0.2, 0.25) is 10.0 Å². The third-order valence-corrected chi connectivity index (χ3v) is 4.50. The molecular weight excluding hydrogens is 272 g/mol. The van der Waals surface area contributed by atoms with Crippen molar-refractivity contribution in [3.05, 3.63) is 29.8 Å². The highest BCUT2D eigenvalue weighted by atomic mass is 32.2. The van der Waals surface area contributed by atoms with Crippen LogP contribution in [0.25, 0.3) is 0 Å². The summed E-state index contributed by atoms with van der Waals surface area (Å²) in [6, 6.07) is 6.62. The van der Waals surface area contributed by atoms with Crippen molar-refractivity contribution < 1.29 is 8.42 Å². The van der Waals surface area contributed by atoms with Crippen LogP contribution in [0.1, 0.15) is 38.7 Å². The van der Waals surface area contributed by atoms with Gasteiger partial charge in [-0.2, -0.15) is 0 Å². The number of nitrogens with two attached hydrogens (primary N) is 1. The fourth-order valence-electron chi connectivity index (χ4n) is 1.85. The van der Waals surface area contributed by atoms with Gasteiger partial charge in [-0.05, 0) is 25.5 Å². The van der Waals surface area contributed by atoms with E-state index in [2.05, 4.69) is 23.5 Å². The summed E-state index contributed by atoms with van der Waals surface area (Å²) >= 11 is 0. The molecule has 1 rings (SSSR count). The van der Waals surface area contributed by atoms with Crippen molar-refractivity contribution in [2.24, 2.45) is 5.73 Å². The van der Waals surface area contributed by atoms with Crippen LogP contribution in [0.15, 0.2) is 29.2 Å². The molecule has 0 aliphatic heterocycles. The summed E-state index contributed by atoms with van der Waals surface area (Å²) in [4.78, 5) is 0.212. The van der Waals surface area contributed by atoms with Gasteiger partial charge in [-0.15, -0.1) is 0 Å². The van der Waals surface area contributed by atoms with Crippen LogP contribution in [0.2, 0.25) is 0 Å². The number of nitrogens with one attached hydrogen (secondary N) is 1. The number of benzene rings is 1. The smallest absolute Gasteiger partial charge is 0.242 e. The summed E-state index contributed by atoms with van der Waals surface area (Å²) in [6.07, 6.45) is 2.87. The Labute approximate surface area is 121 Å². The number of hydrogen-bond donors (Lipinski definition) is 2. The van der Waals surface area contributed by atoms with Crippen molar-refractivity contribution in [2.45, 2.75) is 44.0 Å². The van der Waals surface area contributed by atoms with E-state index in [1.165, 1.54) is 0 Å². The summed E-state index contributed by atoms with van der Waals surface area (Å²) in [5, 5.41) is 0. The highest BCUT2D eigenvalue weighted by Gasteiger charge is 2.19. The van der Waals surface area contributed by atoms with Crippen LogP contribution in [0, 0.1) is 11.8 Å². The first-order chi connectivity index (χ1) is 9.51. The first-order valence-corrected chi connectivity index (χ1v) is 8.30. The Morgan fingerprint density at radius 3 is 2.70 bits per heavy atom. The Balaban J connectivity index is 2.98. The Morgan fingerprint density at radius 2 is 2.05 bits per heavy atom. The van der Waals surface area contributed by atoms with Crippen LogP contribution in [0.5, 0.6) is 0 Å². The Kier molecular flexibility index (Phi) is 6.73. The first kappa shape index (κ1) is 16.7. The molecule has 1 unspecified atom stereocenters. The average Bonchev–Trinajstić information content (AvgIpc) is 2.42. The lowest BCUT2D eigenvalue weighted by Crippen LogP contribution is -2.33. The fraction of sp³-hybridized carbons (Fsp3) is 0.467. The maximum Gasteiger partial charge on any atom is 0.242 e. The molecule has 110 valence electrons. The number of rotatable bonds is 6. The molecule has 0 fully saturated rings. The summed E-state index contributed by atoms with van der Waals surface area (Å²) in [7, 11) is -3.54. The maximum atomic E-state index is 12.4. The maximum absolute atomic E-state index is 12.4. The van der Waals surface area contributed by atoms with Gasteiger partial charge in [-0.1, -0.05) is 43.7 Å². The quantitative estimate of drug-likeness (QED) is 0.787. The molecule has 1 aromatic rings. The summed E-state index contributed by atoms with van der Waals surface area (Å²) in [6.45, 7) is 4.16. The molecule has 0 heterocycles. The van der Waals surface area contributed by atoms with E-state index in [1.54, 1.807) is 24.3 Å². The largest absolute Gasteiger partial charge is 0.320 e. The SMILES string of the molecule is CCCCC(C)NS(=O)(=O)c1ccccc1C#CCN. The molecule has 5 heteroatoms. The van der Waals surface area contributed by atoms with E-state index in [0.717, 1.165) is 19.3 Å². The van der Waals surface area contributed by atoms with Crippen molar-refractivity contribution >= 4 is 10.0 Å². The second-order valence-corrected chi connectivity index (χ2v) is 6.35. The molecule has 0 radical (unpaired) electrons. The second kappa shape index (κ2) is 8.05. The third-order valence-electron chi connectivity index (χ3n) is 2.85. The minimum absolute atomic E-state index is 0.0875. The van der Waals surface area contributed by atoms with E-state index in [9.17, 15) is 8.42 Å². The number of hydrogen-bond acceptors (Lipinski definition) is 3. The van der Waals surface area contributed by atoms with Gasteiger partial charge in [-0.25, -0.2) is 13.1 Å². The van der Waals surface area contributed by atoms with Crippen LogP contribution < -0.4 is 10.5 Å². The molecule has 0 spiro atoms. The van der Waals surface area contributed by atoms with E-state index < -0.39 is 10.0 Å². The first-order valence-electron chi connectivity index (χ1n) is 6.81. The number of unbranched alkanes of at least 4 members (excludes halogenated alkanes) is 1. The van der Waals surface area contributed by atoms with Gasteiger partial charge in [-0.3, -0.25) is 0 Å². The van der Waals surface area contributed by atoms with Crippen LogP contribution in [-0.4, -0.2) is 21.0 Å². The highest BCUT2D eigenvalue weighted by molar-refractivity contribution is 7.89. The normalized spacial score (nSPS) is 12.6. The topological polar surface area (TPSA) is 72.2 Å². The Hall–Kier alpha value is -1.35. The van der Waals surface area contributed by atoms with Gasteiger partial charge in [0.1, 0.15) is 0 Å². The molecule has 0 bridgehead atoms. The van der Waals surface area contributed by atoms with Gasteiger partial charge in [0.25, 0.3) is 0 Å². The van der Waals surface area contributed by atoms with E-state index in [4.69, 9.17) is 5.73 Å². The molecule has 0 saturated carbocycles. The molecule has 4 nitrogen and oxygen atoms in total. The fourth-order valence-corrected chi connectivity index (χ4v) is 3.29. The molecule has 0 aromatic heterocycles. The van der Waals surface area contributed by atoms with E-state index in [1.807, 2.05) is 6.92 Å². The molecule has 0 aliphatic rings. The third kappa shape index (κ3) is 4.97. The minimum atomic E-state index is -3.54. The molecule has 0 aliphatic carbocycles. The zero-order valence-corrected chi connectivity index (χ0v) is 12.8. The van der Waals surface area contributed by atoms with Gasteiger partial charge in [0.15, 0.2) is 0 Å². The molecular formula is C15H22N2O2S. The number of sulfonamides is 1. The van der Waals surface area contributed by atoms with Crippen molar-refractivity contribution in [3.8, 4) is 11.8 Å². The lowest BCUT2D eigenvalue weighted by Gasteiger charge is -2.14. The monoisotopic (exact) mass is 294 g/mol. The zero-order chi connectivity index (χ0) is 15.0. The molecule has 3 N–H and O–H groups in total. The average molecular weight is 294 g/mol. The summed E-state index contributed by atoms with van der Waals surface area (Å²) in [5.41, 5.74) is 5.81.